The summed E-state index contributed by atoms with van der Waals surface area (Å²) in [6.45, 7) is 14.4. The number of nitrogens with zero attached hydrogens (tertiary/aromatic N) is 2. The van der Waals surface area contributed by atoms with Crippen molar-refractivity contribution in [2.45, 2.75) is 72.1 Å². The van der Waals surface area contributed by atoms with Crippen molar-refractivity contribution in [1.82, 2.24) is 0 Å². The summed E-state index contributed by atoms with van der Waals surface area (Å²) in [4.78, 5) is 51.1. The quantitative estimate of drug-likeness (QED) is 0.0333. The van der Waals surface area contributed by atoms with Gasteiger partial charge in [-0.2, -0.15) is 0 Å². The average Bonchev–Trinajstić information content (AvgIpc) is 3.16. The molecular formula is C46H42N2O10. The number of fused-ring (bicyclic) bond motifs is 2. The maximum atomic E-state index is 14.1. The molecule has 12 heteroatoms. The minimum atomic E-state index is -1.36. The van der Waals surface area contributed by atoms with Gasteiger partial charge >= 0.3 is 11.9 Å². The summed E-state index contributed by atoms with van der Waals surface area (Å²) in [7, 11) is 0. The van der Waals surface area contributed by atoms with E-state index in [9.17, 15) is 34.9 Å². The van der Waals surface area contributed by atoms with Crippen molar-refractivity contribution >= 4 is 66.4 Å². The lowest BCUT2D eigenvalue weighted by Gasteiger charge is -2.23. The number of hydrogen-bond donors (Lipinski definition) is 1. The molecule has 0 heterocycles. The normalized spacial score (nSPS) is 12.1. The van der Waals surface area contributed by atoms with Crippen LogP contribution in [0.15, 0.2) is 84.9 Å². The third kappa shape index (κ3) is 6.95. The van der Waals surface area contributed by atoms with E-state index >= 15 is 0 Å². The lowest BCUT2D eigenvalue weighted by atomic mass is 9.84. The van der Waals surface area contributed by atoms with Crippen LogP contribution in [0.5, 0.6) is 23.0 Å². The average molecular weight is 783 g/mol. The molecule has 7 aromatic carbocycles. The number of rotatable bonds is 11. The highest BCUT2D eigenvalue weighted by Gasteiger charge is 2.33. The Morgan fingerprint density at radius 3 is 1.45 bits per heavy atom. The molecule has 0 aliphatic heterocycles. The van der Waals surface area contributed by atoms with E-state index in [1.165, 1.54) is 36.4 Å². The highest BCUT2D eigenvalue weighted by atomic mass is 16.6. The van der Waals surface area contributed by atoms with Gasteiger partial charge < -0.3 is 19.3 Å². The van der Waals surface area contributed by atoms with E-state index in [4.69, 9.17) is 14.2 Å². The molecule has 0 radical (unpaired) electrons. The number of benzene rings is 7. The number of carboxylic acids is 1. The number of unbranched alkanes of at least 4 members (excludes halogenated alkanes) is 1. The predicted octanol–water partition coefficient (Wildman–Crippen LogP) is 12.4. The van der Waals surface area contributed by atoms with Crippen LogP contribution in [0.4, 0.5) is 11.4 Å². The summed E-state index contributed by atoms with van der Waals surface area (Å²) in [6, 6.07) is 22.7. The van der Waals surface area contributed by atoms with Gasteiger partial charge in [-0.15, -0.1) is 0 Å². The van der Waals surface area contributed by atoms with Crippen molar-refractivity contribution in [1.29, 1.82) is 0 Å². The zero-order chi connectivity index (χ0) is 41.8. The lowest BCUT2D eigenvalue weighted by Crippen LogP contribution is -2.11. The van der Waals surface area contributed by atoms with Gasteiger partial charge in [0.25, 0.3) is 11.4 Å². The van der Waals surface area contributed by atoms with Crippen LogP contribution < -0.4 is 9.47 Å². The third-order valence-corrected chi connectivity index (χ3v) is 10.5. The Morgan fingerprint density at radius 2 is 1.05 bits per heavy atom. The Morgan fingerprint density at radius 1 is 0.603 bits per heavy atom. The number of nitro groups is 2. The Bertz CT molecular complexity index is 2730. The minimum Gasteiger partial charge on any atom is -0.478 e. The van der Waals surface area contributed by atoms with E-state index in [-0.39, 0.29) is 72.4 Å². The summed E-state index contributed by atoms with van der Waals surface area (Å²) >= 11 is 0. The summed E-state index contributed by atoms with van der Waals surface area (Å²) < 4.78 is 18.9. The summed E-state index contributed by atoms with van der Waals surface area (Å²) in [5.74, 6) is -1.27. The Kier molecular flexibility index (Phi) is 9.92. The first-order valence-corrected chi connectivity index (χ1v) is 18.9. The molecule has 0 unspecified atom stereocenters. The fourth-order valence-electron chi connectivity index (χ4n) is 7.48. The topological polar surface area (TPSA) is 168 Å². The third-order valence-electron chi connectivity index (χ3n) is 10.5. The maximum absolute atomic E-state index is 14.1. The van der Waals surface area contributed by atoms with E-state index in [1.807, 2.05) is 31.2 Å². The number of esters is 1. The van der Waals surface area contributed by atoms with Gasteiger partial charge in [-0.1, -0.05) is 79.2 Å². The van der Waals surface area contributed by atoms with Crippen LogP contribution in [-0.4, -0.2) is 33.5 Å². The molecule has 0 atom stereocenters. The van der Waals surface area contributed by atoms with Gasteiger partial charge in [-0.3, -0.25) is 20.2 Å². The summed E-state index contributed by atoms with van der Waals surface area (Å²) in [6.07, 6.45) is 1.31. The van der Waals surface area contributed by atoms with Crippen molar-refractivity contribution in [2.75, 3.05) is 6.61 Å². The van der Waals surface area contributed by atoms with Gasteiger partial charge in [0.15, 0.2) is 0 Å². The second-order valence-electron chi connectivity index (χ2n) is 16.4. The molecule has 0 saturated carbocycles. The van der Waals surface area contributed by atoms with Crippen molar-refractivity contribution in [3.8, 4) is 23.0 Å². The van der Waals surface area contributed by atoms with Crippen LogP contribution in [0.1, 0.15) is 93.2 Å². The van der Waals surface area contributed by atoms with Crippen LogP contribution in [0.25, 0.3) is 43.1 Å². The van der Waals surface area contributed by atoms with Crippen molar-refractivity contribution in [3.05, 3.63) is 127 Å². The number of carbonyl (C=O) groups excluding carboxylic acids is 1. The second kappa shape index (κ2) is 14.6. The molecule has 7 aromatic rings. The van der Waals surface area contributed by atoms with E-state index in [0.29, 0.717) is 28.7 Å². The highest BCUT2D eigenvalue weighted by Crippen LogP contribution is 2.53. The van der Waals surface area contributed by atoms with E-state index in [2.05, 4.69) is 41.5 Å². The van der Waals surface area contributed by atoms with Gasteiger partial charge in [0, 0.05) is 39.1 Å². The number of ether oxygens (including phenoxy) is 3. The smallest absolute Gasteiger partial charge is 0.338 e. The highest BCUT2D eigenvalue weighted by molar-refractivity contribution is 6.39. The molecule has 0 aliphatic carbocycles. The molecular weight excluding hydrogens is 741 g/mol. The number of carbonyl (C=O) groups is 2. The molecule has 0 aromatic heterocycles. The number of non-ortho nitro benzene ring substituents is 2. The van der Waals surface area contributed by atoms with Gasteiger partial charge in [0.1, 0.15) is 28.4 Å². The fraction of sp³-hybridized carbons (Fsp3) is 0.261. The standard InChI is InChI=1S/C46H42N2O10/c1-8-9-22-56-44(51)32-24-36(58-28-16-12-26(13-17-28)46(5,6)7)40-30-19-21-34(48(54)55)41-33(47(52)53)20-18-29(37(30)41)39-35(23-31(43(49)50)38(32)42(39)40)57-27-14-10-25(11-15-27)45(2,3)4/h10-21,23-24H,8-9,22H2,1-7H3,(H,49,50). The van der Waals surface area contributed by atoms with Crippen LogP contribution in [-0.2, 0) is 15.6 Å². The summed E-state index contributed by atoms with van der Waals surface area (Å²) in [5.41, 5.74) is 0.369. The molecule has 0 bridgehead atoms. The molecule has 0 spiro atoms. The molecule has 1 N–H and O–H groups in total. The van der Waals surface area contributed by atoms with Crippen LogP contribution in [0.3, 0.4) is 0 Å². The molecule has 12 nitrogen and oxygen atoms in total. The first-order valence-electron chi connectivity index (χ1n) is 18.9. The Hall–Kier alpha value is -6.82. The van der Waals surface area contributed by atoms with Gasteiger partial charge in [0.2, 0.25) is 0 Å². The number of carboxylic acid groups (broad SMARTS) is 1. The molecule has 7 rings (SSSR count). The molecule has 0 aliphatic rings. The van der Waals surface area contributed by atoms with E-state index < -0.39 is 33.2 Å². The largest absolute Gasteiger partial charge is 0.478 e. The van der Waals surface area contributed by atoms with Crippen molar-refractivity contribution in [3.63, 3.8) is 0 Å². The SMILES string of the molecule is CCCCOC(=O)c1cc(Oc2ccc(C(C)(C)C)cc2)c2c3ccc([N+](=O)[O-])c4c([N+](=O)[O-])ccc(c5c(Oc6ccc(C(C)(C)C)cc6)cc(C(=O)O)c1c52)c43. The molecule has 296 valence electrons. The van der Waals surface area contributed by atoms with Crippen LogP contribution in [0, 0.1) is 20.2 Å². The lowest BCUT2D eigenvalue weighted by molar-refractivity contribution is -0.390. The van der Waals surface area contributed by atoms with Crippen molar-refractivity contribution < 1.29 is 38.8 Å². The molecule has 0 saturated heterocycles. The number of aromatic carboxylic acids is 1. The first-order chi connectivity index (χ1) is 27.4. The summed E-state index contributed by atoms with van der Waals surface area (Å²) in [5, 5.41) is 37.2. The molecule has 58 heavy (non-hydrogen) atoms. The number of nitro benzene ring substituents is 2. The Labute approximate surface area is 333 Å². The monoisotopic (exact) mass is 782 g/mol. The zero-order valence-corrected chi connectivity index (χ0v) is 33.2. The van der Waals surface area contributed by atoms with E-state index in [0.717, 1.165) is 17.5 Å². The van der Waals surface area contributed by atoms with Gasteiger partial charge in [0.05, 0.1) is 27.6 Å². The molecule has 0 amide bonds. The van der Waals surface area contributed by atoms with Gasteiger partial charge in [-0.25, -0.2) is 9.59 Å². The van der Waals surface area contributed by atoms with Crippen LogP contribution >= 0.6 is 0 Å². The predicted molar refractivity (Wildman–Crippen MR) is 224 cm³/mol. The number of hydrogen-bond acceptors (Lipinski definition) is 9. The first kappa shape index (κ1) is 39.4. The Balaban J connectivity index is 1.68. The zero-order valence-electron chi connectivity index (χ0n) is 33.2. The second-order valence-corrected chi connectivity index (χ2v) is 16.4. The maximum Gasteiger partial charge on any atom is 0.338 e. The fourth-order valence-corrected chi connectivity index (χ4v) is 7.48. The minimum absolute atomic E-state index is 0.0281. The van der Waals surface area contributed by atoms with Gasteiger partial charge in [-0.05, 0) is 87.7 Å². The van der Waals surface area contributed by atoms with Crippen LogP contribution in [0.2, 0.25) is 0 Å². The van der Waals surface area contributed by atoms with Crippen molar-refractivity contribution in [2.24, 2.45) is 0 Å². The molecule has 0 fully saturated rings. The van der Waals surface area contributed by atoms with E-state index in [1.54, 1.807) is 24.3 Å².